The predicted molar refractivity (Wildman–Crippen MR) is 98.5 cm³/mol. The van der Waals surface area contributed by atoms with Crippen molar-refractivity contribution in [2.75, 3.05) is 6.61 Å². The molecule has 0 saturated heterocycles. The first-order chi connectivity index (χ1) is 12.7. The van der Waals surface area contributed by atoms with E-state index in [0.717, 1.165) is 21.9 Å². The molecular weight excluding hydrogens is 328 g/mol. The van der Waals surface area contributed by atoms with Gasteiger partial charge in [-0.25, -0.2) is 4.79 Å². The molecule has 0 bridgehead atoms. The molecule has 130 valence electrons. The van der Waals surface area contributed by atoms with E-state index in [9.17, 15) is 4.79 Å². The number of ether oxygens (including phenoxy) is 2. The largest absolute Gasteiger partial charge is 0.462 e. The highest BCUT2D eigenvalue weighted by Crippen LogP contribution is 2.45. The number of pyridine rings is 1. The van der Waals surface area contributed by atoms with E-state index in [2.05, 4.69) is 4.98 Å². The average molecular weight is 346 g/mol. The van der Waals surface area contributed by atoms with E-state index in [1.54, 1.807) is 19.3 Å². The van der Waals surface area contributed by atoms with Gasteiger partial charge in [-0.15, -0.1) is 0 Å². The minimum atomic E-state index is -0.474. The number of aromatic nitrogens is 1. The van der Waals surface area contributed by atoms with Crippen LogP contribution in [0.15, 0.2) is 72.4 Å². The van der Waals surface area contributed by atoms with E-state index in [1.165, 1.54) is 0 Å². The number of esters is 1. The molecule has 1 atom stereocenters. The van der Waals surface area contributed by atoms with Crippen LogP contribution in [0.4, 0.5) is 0 Å². The van der Waals surface area contributed by atoms with E-state index < -0.39 is 11.9 Å². The summed E-state index contributed by atoms with van der Waals surface area (Å²) in [6, 6.07) is 15.7. The first kappa shape index (κ1) is 16.1. The third-order valence-electron chi connectivity index (χ3n) is 4.50. The van der Waals surface area contributed by atoms with E-state index in [0.29, 0.717) is 11.3 Å². The van der Waals surface area contributed by atoms with Gasteiger partial charge in [-0.2, -0.15) is 0 Å². The van der Waals surface area contributed by atoms with Crippen LogP contribution in [-0.2, 0) is 9.53 Å². The minimum absolute atomic E-state index is 0.0705. The number of fused-ring (bicyclic) bond motifs is 3. The quantitative estimate of drug-likeness (QED) is 0.735. The van der Waals surface area contributed by atoms with Gasteiger partial charge in [0.1, 0.15) is 11.3 Å². The van der Waals surface area contributed by atoms with Crippen molar-refractivity contribution in [2.45, 2.75) is 12.8 Å². The van der Waals surface area contributed by atoms with Crippen molar-refractivity contribution in [3.8, 4) is 5.75 Å². The molecule has 2 N–H and O–H groups in total. The summed E-state index contributed by atoms with van der Waals surface area (Å²) in [5.41, 5.74) is 8.22. The van der Waals surface area contributed by atoms with Crippen molar-refractivity contribution in [2.24, 2.45) is 5.73 Å². The summed E-state index contributed by atoms with van der Waals surface area (Å²) in [5, 5.41) is 1.99. The van der Waals surface area contributed by atoms with Gasteiger partial charge in [-0.05, 0) is 23.9 Å². The number of carbonyl (C=O) groups excluding carboxylic acids is 1. The predicted octanol–water partition coefficient (Wildman–Crippen LogP) is 3.49. The molecule has 1 unspecified atom stereocenters. The average Bonchev–Trinajstić information content (AvgIpc) is 2.67. The lowest BCUT2D eigenvalue weighted by atomic mass is 9.82. The van der Waals surface area contributed by atoms with E-state index in [1.807, 2.05) is 48.5 Å². The first-order valence-corrected chi connectivity index (χ1v) is 8.47. The van der Waals surface area contributed by atoms with Gasteiger partial charge in [-0.3, -0.25) is 4.98 Å². The summed E-state index contributed by atoms with van der Waals surface area (Å²) in [6.45, 7) is 2.03. The van der Waals surface area contributed by atoms with Crippen molar-refractivity contribution in [1.82, 2.24) is 4.98 Å². The Morgan fingerprint density at radius 3 is 2.81 bits per heavy atom. The van der Waals surface area contributed by atoms with Crippen LogP contribution in [0.5, 0.6) is 5.75 Å². The SMILES string of the molecule is CCOC(=O)C1=C(N)Oc2c(ccc3ccccc23)C1c1cccnc1. The molecule has 0 spiro atoms. The summed E-state index contributed by atoms with van der Waals surface area (Å²) < 4.78 is 11.1. The van der Waals surface area contributed by atoms with Crippen molar-refractivity contribution < 1.29 is 14.3 Å². The Hall–Kier alpha value is -3.34. The van der Waals surface area contributed by atoms with Gasteiger partial charge in [0, 0.05) is 23.3 Å². The Morgan fingerprint density at radius 2 is 2.04 bits per heavy atom. The van der Waals surface area contributed by atoms with Gasteiger partial charge in [0.25, 0.3) is 0 Å². The monoisotopic (exact) mass is 346 g/mol. The lowest BCUT2D eigenvalue weighted by molar-refractivity contribution is -0.139. The van der Waals surface area contributed by atoms with Gasteiger partial charge >= 0.3 is 5.97 Å². The zero-order valence-corrected chi connectivity index (χ0v) is 14.3. The molecule has 5 heteroatoms. The fourth-order valence-electron chi connectivity index (χ4n) is 3.38. The minimum Gasteiger partial charge on any atom is -0.462 e. The summed E-state index contributed by atoms with van der Waals surface area (Å²) in [5.74, 6) is -0.127. The van der Waals surface area contributed by atoms with Crippen molar-refractivity contribution in [3.05, 3.63) is 83.5 Å². The molecule has 0 fully saturated rings. The van der Waals surface area contributed by atoms with Crippen LogP contribution in [-0.4, -0.2) is 17.6 Å². The second-order valence-electron chi connectivity index (χ2n) is 6.02. The third kappa shape index (κ3) is 2.58. The number of carbonyl (C=O) groups is 1. The Bertz CT molecular complexity index is 1010. The maximum absolute atomic E-state index is 12.6. The van der Waals surface area contributed by atoms with Crippen LogP contribution in [0.25, 0.3) is 10.8 Å². The van der Waals surface area contributed by atoms with E-state index >= 15 is 0 Å². The van der Waals surface area contributed by atoms with Crippen LogP contribution in [0.2, 0.25) is 0 Å². The number of nitrogens with zero attached hydrogens (tertiary/aromatic N) is 1. The topological polar surface area (TPSA) is 74.4 Å². The Balaban J connectivity index is 1.97. The second kappa shape index (κ2) is 6.52. The number of benzene rings is 2. The number of nitrogens with two attached hydrogens (primary N) is 1. The molecule has 1 aromatic heterocycles. The fraction of sp³-hybridized carbons (Fsp3) is 0.143. The van der Waals surface area contributed by atoms with Gasteiger partial charge in [0.05, 0.1) is 12.5 Å². The molecule has 2 heterocycles. The number of rotatable bonds is 3. The summed E-state index contributed by atoms with van der Waals surface area (Å²) in [6.07, 6.45) is 3.43. The highest BCUT2D eigenvalue weighted by Gasteiger charge is 2.36. The van der Waals surface area contributed by atoms with Gasteiger partial charge < -0.3 is 15.2 Å². The van der Waals surface area contributed by atoms with Gasteiger partial charge in [-0.1, -0.05) is 42.5 Å². The van der Waals surface area contributed by atoms with Crippen LogP contribution in [0, 0.1) is 0 Å². The summed E-state index contributed by atoms with van der Waals surface area (Å²) >= 11 is 0. The lowest BCUT2D eigenvalue weighted by Crippen LogP contribution is -2.27. The Kier molecular flexibility index (Phi) is 4.05. The standard InChI is InChI=1S/C21H18N2O3/c1-2-25-21(24)18-17(14-7-5-11-23-12-14)16-10-9-13-6-3-4-8-15(13)19(16)26-20(18)22/h3-12,17H,2,22H2,1H3. The molecule has 26 heavy (non-hydrogen) atoms. The van der Waals surface area contributed by atoms with Crippen LogP contribution >= 0.6 is 0 Å². The van der Waals surface area contributed by atoms with Crippen LogP contribution in [0.3, 0.4) is 0 Å². The fourth-order valence-corrected chi connectivity index (χ4v) is 3.38. The molecule has 0 aliphatic carbocycles. The molecule has 5 nitrogen and oxygen atoms in total. The van der Waals surface area contributed by atoms with E-state index in [-0.39, 0.29) is 12.5 Å². The zero-order valence-electron chi connectivity index (χ0n) is 14.3. The van der Waals surface area contributed by atoms with Crippen LogP contribution in [0.1, 0.15) is 24.0 Å². The smallest absolute Gasteiger partial charge is 0.340 e. The molecule has 3 aromatic rings. The Morgan fingerprint density at radius 1 is 1.19 bits per heavy atom. The molecule has 1 aliphatic heterocycles. The summed E-state index contributed by atoms with van der Waals surface area (Å²) in [4.78, 5) is 16.8. The Labute approximate surface area is 151 Å². The van der Waals surface area contributed by atoms with Gasteiger partial charge in [0.2, 0.25) is 5.88 Å². The van der Waals surface area contributed by atoms with Crippen molar-refractivity contribution in [3.63, 3.8) is 0 Å². The maximum Gasteiger partial charge on any atom is 0.340 e. The van der Waals surface area contributed by atoms with Crippen molar-refractivity contribution >= 4 is 16.7 Å². The zero-order chi connectivity index (χ0) is 18.1. The third-order valence-corrected chi connectivity index (χ3v) is 4.50. The molecular formula is C21H18N2O3. The normalized spacial score (nSPS) is 16.1. The molecule has 0 saturated carbocycles. The second-order valence-corrected chi connectivity index (χ2v) is 6.02. The molecule has 2 aromatic carbocycles. The number of hydrogen-bond acceptors (Lipinski definition) is 5. The van der Waals surface area contributed by atoms with Gasteiger partial charge in [0.15, 0.2) is 0 Å². The van der Waals surface area contributed by atoms with E-state index in [4.69, 9.17) is 15.2 Å². The molecule has 4 rings (SSSR count). The highest BCUT2D eigenvalue weighted by molar-refractivity contribution is 5.96. The van der Waals surface area contributed by atoms with Crippen LogP contribution < -0.4 is 10.5 Å². The summed E-state index contributed by atoms with van der Waals surface area (Å²) in [7, 11) is 0. The maximum atomic E-state index is 12.6. The lowest BCUT2D eigenvalue weighted by Gasteiger charge is -2.29. The molecule has 0 amide bonds. The molecule has 1 aliphatic rings. The molecule has 0 radical (unpaired) electrons. The van der Waals surface area contributed by atoms with Crippen molar-refractivity contribution in [1.29, 1.82) is 0 Å². The number of hydrogen-bond donors (Lipinski definition) is 1. The highest BCUT2D eigenvalue weighted by atomic mass is 16.5. The first-order valence-electron chi connectivity index (χ1n) is 8.47.